The Morgan fingerprint density at radius 1 is 0.800 bits per heavy atom. The van der Waals surface area contributed by atoms with E-state index in [4.69, 9.17) is 0 Å². The van der Waals surface area contributed by atoms with Gasteiger partial charge in [-0.2, -0.15) is 0 Å². The van der Waals surface area contributed by atoms with Crippen molar-refractivity contribution in [2.45, 2.75) is 83.5 Å². The fraction of sp³-hybridized carbons (Fsp3) is 0.944. The maximum atomic E-state index is 12.0. The number of unbranched alkanes of at least 4 members (excludes halogenated alkanes) is 3. The SMILES string of the molecule is O=C1CCC(C2CCC(CCCCCCF)CC2)CC1. The minimum Gasteiger partial charge on any atom is -0.300 e. The molecule has 116 valence electrons. The van der Waals surface area contributed by atoms with Gasteiger partial charge in [0.15, 0.2) is 0 Å². The van der Waals surface area contributed by atoms with Crippen molar-refractivity contribution in [3.05, 3.63) is 0 Å². The molecule has 2 fully saturated rings. The lowest BCUT2D eigenvalue weighted by atomic mass is 9.70. The summed E-state index contributed by atoms with van der Waals surface area (Å²) < 4.78 is 12.0. The molecule has 0 bridgehead atoms. The predicted octanol–water partition coefficient (Wildman–Crippen LogP) is 5.47. The van der Waals surface area contributed by atoms with Crippen molar-refractivity contribution in [1.29, 1.82) is 0 Å². The van der Waals surface area contributed by atoms with Crippen molar-refractivity contribution in [2.24, 2.45) is 17.8 Å². The van der Waals surface area contributed by atoms with E-state index in [2.05, 4.69) is 0 Å². The van der Waals surface area contributed by atoms with E-state index in [9.17, 15) is 9.18 Å². The number of Topliss-reactive ketones (excluding diaryl/α,β-unsaturated/α-hetero) is 1. The molecule has 0 aromatic heterocycles. The standard InChI is InChI=1S/C18H31FO/c19-14-4-2-1-3-5-15-6-8-16(9-7-15)17-10-12-18(20)13-11-17/h15-17H,1-14H2. The first-order valence-corrected chi connectivity index (χ1v) is 8.87. The highest BCUT2D eigenvalue weighted by Crippen LogP contribution is 2.40. The fourth-order valence-corrected chi connectivity index (χ4v) is 4.26. The Kier molecular flexibility index (Phi) is 7.02. The summed E-state index contributed by atoms with van der Waals surface area (Å²) in [5, 5.41) is 0. The largest absolute Gasteiger partial charge is 0.300 e. The molecular weight excluding hydrogens is 251 g/mol. The monoisotopic (exact) mass is 282 g/mol. The first-order valence-electron chi connectivity index (χ1n) is 8.87. The van der Waals surface area contributed by atoms with Gasteiger partial charge in [0.05, 0.1) is 6.67 Å². The summed E-state index contributed by atoms with van der Waals surface area (Å²) in [5.41, 5.74) is 0. The summed E-state index contributed by atoms with van der Waals surface area (Å²) in [5.74, 6) is 3.18. The molecule has 0 saturated heterocycles. The zero-order chi connectivity index (χ0) is 14.2. The summed E-state index contributed by atoms with van der Waals surface area (Å²) >= 11 is 0. The van der Waals surface area contributed by atoms with Gasteiger partial charge in [0, 0.05) is 12.8 Å². The Bertz CT molecular complexity index is 271. The van der Waals surface area contributed by atoms with Crippen LogP contribution in [0.4, 0.5) is 4.39 Å². The van der Waals surface area contributed by atoms with Crippen LogP contribution in [0.5, 0.6) is 0 Å². The third kappa shape index (κ3) is 5.18. The van der Waals surface area contributed by atoms with Crippen LogP contribution in [0.25, 0.3) is 0 Å². The van der Waals surface area contributed by atoms with Crippen LogP contribution in [0.15, 0.2) is 0 Å². The molecular formula is C18H31FO. The second kappa shape index (κ2) is 8.79. The zero-order valence-electron chi connectivity index (χ0n) is 12.9. The number of carbonyl (C=O) groups is 1. The molecule has 0 heterocycles. The molecule has 2 aliphatic rings. The second-order valence-corrected chi connectivity index (χ2v) is 7.05. The van der Waals surface area contributed by atoms with Crippen LogP contribution in [-0.2, 0) is 4.79 Å². The van der Waals surface area contributed by atoms with Crippen LogP contribution in [0, 0.1) is 17.8 Å². The predicted molar refractivity (Wildman–Crippen MR) is 81.5 cm³/mol. The van der Waals surface area contributed by atoms with Crippen molar-refractivity contribution in [2.75, 3.05) is 6.67 Å². The molecule has 0 spiro atoms. The van der Waals surface area contributed by atoms with Gasteiger partial charge in [-0.3, -0.25) is 9.18 Å². The van der Waals surface area contributed by atoms with Crippen molar-refractivity contribution in [3.8, 4) is 0 Å². The molecule has 0 aromatic rings. The lowest BCUT2D eigenvalue weighted by Crippen LogP contribution is -2.25. The van der Waals surface area contributed by atoms with Crippen molar-refractivity contribution in [3.63, 3.8) is 0 Å². The number of hydrogen-bond acceptors (Lipinski definition) is 1. The number of hydrogen-bond donors (Lipinski definition) is 0. The number of carbonyl (C=O) groups excluding carboxylic acids is 1. The molecule has 0 radical (unpaired) electrons. The molecule has 0 N–H and O–H groups in total. The molecule has 2 saturated carbocycles. The van der Waals surface area contributed by atoms with Crippen LogP contribution >= 0.6 is 0 Å². The number of alkyl halides is 1. The first-order chi connectivity index (χ1) is 9.79. The highest BCUT2D eigenvalue weighted by Gasteiger charge is 2.29. The Hall–Kier alpha value is -0.400. The molecule has 0 aromatic carbocycles. The Morgan fingerprint density at radius 2 is 1.40 bits per heavy atom. The average molecular weight is 282 g/mol. The summed E-state index contributed by atoms with van der Waals surface area (Å²) in [4.78, 5) is 11.3. The normalized spacial score (nSPS) is 28.8. The smallest absolute Gasteiger partial charge is 0.132 e. The summed E-state index contributed by atoms with van der Waals surface area (Å²) in [7, 11) is 0. The molecule has 0 atom stereocenters. The van der Waals surface area contributed by atoms with Crippen LogP contribution < -0.4 is 0 Å². The number of halogens is 1. The zero-order valence-corrected chi connectivity index (χ0v) is 12.9. The highest BCUT2D eigenvalue weighted by molar-refractivity contribution is 5.79. The van der Waals surface area contributed by atoms with E-state index in [1.54, 1.807) is 0 Å². The van der Waals surface area contributed by atoms with Crippen LogP contribution in [0.3, 0.4) is 0 Å². The lowest BCUT2D eigenvalue weighted by Gasteiger charge is -2.35. The Labute approximate surface area is 123 Å². The van der Waals surface area contributed by atoms with Crippen molar-refractivity contribution >= 4 is 5.78 Å². The van der Waals surface area contributed by atoms with Crippen molar-refractivity contribution in [1.82, 2.24) is 0 Å². The van der Waals surface area contributed by atoms with Gasteiger partial charge in [-0.1, -0.05) is 38.5 Å². The average Bonchev–Trinajstić information content (AvgIpc) is 2.49. The number of rotatable bonds is 7. The fourth-order valence-electron chi connectivity index (χ4n) is 4.26. The molecule has 20 heavy (non-hydrogen) atoms. The van der Waals surface area contributed by atoms with E-state index in [1.165, 1.54) is 44.9 Å². The lowest BCUT2D eigenvalue weighted by molar-refractivity contribution is -0.121. The van der Waals surface area contributed by atoms with Gasteiger partial charge in [0.25, 0.3) is 0 Å². The van der Waals surface area contributed by atoms with Gasteiger partial charge < -0.3 is 0 Å². The van der Waals surface area contributed by atoms with E-state index >= 15 is 0 Å². The van der Waals surface area contributed by atoms with E-state index in [0.717, 1.165) is 56.3 Å². The quantitative estimate of drug-likeness (QED) is 0.566. The Morgan fingerprint density at radius 3 is 2.05 bits per heavy atom. The van der Waals surface area contributed by atoms with Gasteiger partial charge >= 0.3 is 0 Å². The third-order valence-corrected chi connectivity index (χ3v) is 5.64. The first kappa shape index (κ1) is 16.0. The highest BCUT2D eigenvalue weighted by atomic mass is 19.1. The molecule has 0 aliphatic heterocycles. The van der Waals surface area contributed by atoms with E-state index in [1.807, 2.05) is 0 Å². The van der Waals surface area contributed by atoms with Gasteiger partial charge in [0.2, 0.25) is 0 Å². The molecule has 0 unspecified atom stereocenters. The minimum absolute atomic E-state index is 0.144. The molecule has 2 rings (SSSR count). The van der Waals surface area contributed by atoms with E-state index in [-0.39, 0.29) is 6.67 Å². The van der Waals surface area contributed by atoms with Gasteiger partial charge in [-0.15, -0.1) is 0 Å². The molecule has 0 amide bonds. The van der Waals surface area contributed by atoms with E-state index in [0.29, 0.717) is 5.78 Å². The van der Waals surface area contributed by atoms with Crippen LogP contribution in [0.1, 0.15) is 83.5 Å². The van der Waals surface area contributed by atoms with Crippen LogP contribution in [-0.4, -0.2) is 12.5 Å². The third-order valence-electron chi connectivity index (χ3n) is 5.64. The summed E-state index contributed by atoms with van der Waals surface area (Å²) in [6.45, 7) is -0.144. The van der Waals surface area contributed by atoms with E-state index < -0.39 is 0 Å². The van der Waals surface area contributed by atoms with Crippen molar-refractivity contribution < 1.29 is 9.18 Å². The minimum atomic E-state index is -0.144. The maximum Gasteiger partial charge on any atom is 0.132 e. The second-order valence-electron chi connectivity index (χ2n) is 7.05. The van der Waals surface area contributed by atoms with Gasteiger partial charge in [-0.25, -0.2) is 0 Å². The molecule has 1 nitrogen and oxygen atoms in total. The summed E-state index contributed by atoms with van der Waals surface area (Å²) in [6, 6.07) is 0. The summed E-state index contributed by atoms with van der Waals surface area (Å²) in [6.07, 6.45) is 15.3. The topological polar surface area (TPSA) is 17.1 Å². The maximum absolute atomic E-state index is 12.0. The van der Waals surface area contributed by atoms with Crippen LogP contribution in [0.2, 0.25) is 0 Å². The molecule has 2 aliphatic carbocycles. The number of ketones is 1. The molecule has 2 heteroatoms. The van der Waals surface area contributed by atoms with Gasteiger partial charge in [0.1, 0.15) is 5.78 Å². The van der Waals surface area contributed by atoms with Gasteiger partial charge in [-0.05, 0) is 49.9 Å². The Balaban J connectivity index is 1.56.